The number of benzene rings is 3. The number of hydrogen-bond acceptors (Lipinski definition) is 3. The number of nitrogens with zero attached hydrogens (tertiary/aromatic N) is 1. The van der Waals surface area contributed by atoms with Crippen LogP contribution in [0.1, 0.15) is 30.9 Å². The summed E-state index contributed by atoms with van der Waals surface area (Å²) >= 11 is 12.3. The van der Waals surface area contributed by atoms with Crippen LogP contribution in [0.25, 0.3) is 0 Å². The van der Waals surface area contributed by atoms with Gasteiger partial charge in [-0.15, -0.1) is 0 Å². The van der Waals surface area contributed by atoms with Crippen LogP contribution in [0.2, 0.25) is 10.0 Å². The first-order valence-corrected chi connectivity index (χ1v) is 12.3. The van der Waals surface area contributed by atoms with E-state index >= 15 is 0 Å². The van der Waals surface area contributed by atoms with Crippen LogP contribution in [-0.4, -0.2) is 36.6 Å². The van der Waals surface area contributed by atoms with Gasteiger partial charge in [-0.3, -0.25) is 0 Å². The third-order valence-electron chi connectivity index (χ3n) is 5.99. The monoisotopic (exact) mass is 497 g/mol. The summed E-state index contributed by atoms with van der Waals surface area (Å²) in [6.45, 7) is 2.76. The largest absolute Gasteiger partial charge is 0.484 e. The van der Waals surface area contributed by atoms with Crippen molar-refractivity contribution in [2.24, 2.45) is 0 Å². The second-order valence-electron chi connectivity index (χ2n) is 8.46. The highest BCUT2D eigenvalue weighted by Gasteiger charge is 2.23. The Morgan fingerprint density at radius 1 is 0.971 bits per heavy atom. The van der Waals surface area contributed by atoms with Crippen molar-refractivity contribution in [2.45, 2.75) is 31.4 Å². The van der Waals surface area contributed by atoms with Gasteiger partial charge >= 0.3 is 6.03 Å². The van der Waals surface area contributed by atoms with E-state index in [0.29, 0.717) is 21.5 Å². The molecule has 1 atom stereocenters. The van der Waals surface area contributed by atoms with Crippen molar-refractivity contribution in [1.29, 1.82) is 0 Å². The number of hydrogen-bond donors (Lipinski definition) is 2. The summed E-state index contributed by atoms with van der Waals surface area (Å²) in [5.41, 5.74) is 1.82. The van der Waals surface area contributed by atoms with Crippen LogP contribution in [0.4, 0.5) is 10.5 Å². The maximum atomic E-state index is 12.3. The molecule has 2 N–H and O–H groups in total. The molecule has 7 heteroatoms. The normalized spacial score (nSPS) is 15.5. The van der Waals surface area contributed by atoms with Crippen LogP contribution in [0.3, 0.4) is 0 Å². The van der Waals surface area contributed by atoms with Crippen LogP contribution < -0.4 is 15.4 Å². The summed E-state index contributed by atoms with van der Waals surface area (Å²) in [6, 6.07) is 25.0. The van der Waals surface area contributed by atoms with E-state index in [1.807, 2.05) is 54.6 Å². The Bertz CT molecular complexity index is 1070. The zero-order valence-electron chi connectivity index (χ0n) is 18.9. The highest BCUT2D eigenvalue weighted by Crippen LogP contribution is 2.30. The lowest BCUT2D eigenvalue weighted by molar-refractivity contribution is 0.144. The average molecular weight is 498 g/mol. The zero-order valence-corrected chi connectivity index (χ0v) is 20.4. The maximum Gasteiger partial charge on any atom is 0.319 e. The number of nitrogens with one attached hydrogen (secondary N) is 2. The molecule has 0 radical (unpaired) electrons. The topological polar surface area (TPSA) is 53.6 Å². The molecule has 1 saturated heterocycles. The molecule has 4 rings (SSSR count). The van der Waals surface area contributed by atoms with Gasteiger partial charge in [-0.05, 0) is 48.7 Å². The molecule has 5 nitrogen and oxygen atoms in total. The number of likely N-dealkylation sites (tertiary alicyclic amines) is 1. The molecule has 3 aromatic carbocycles. The van der Waals surface area contributed by atoms with E-state index in [4.69, 9.17) is 27.9 Å². The number of carbonyl (C=O) groups excluding carboxylic acids is 1. The van der Waals surface area contributed by atoms with E-state index < -0.39 is 0 Å². The van der Waals surface area contributed by atoms with Gasteiger partial charge in [0.2, 0.25) is 0 Å². The molecule has 0 aliphatic carbocycles. The van der Waals surface area contributed by atoms with Gasteiger partial charge in [-0.25, -0.2) is 4.79 Å². The predicted molar refractivity (Wildman–Crippen MR) is 139 cm³/mol. The number of urea groups is 1. The predicted octanol–water partition coefficient (Wildman–Crippen LogP) is 6.79. The van der Waals surface area contributed by atoms with Gasteiger partial charge in [0.25, 0.3) is 0 Å². The second-order valence-corrected chi connectivity index (χ2v) is 9.30. The number of ether oxygens (including phenoxy) is 1. The van der Waals surface area contributed by atoms with Crippen molar-refractivity contribution in [1.82, 2.24) is 10.2 Å². The minimum atomic E-state index is -0.196. The number of para-hydroxylation sites is 1. The first-order valence-electron chi connectivity index (χ1n) is 11.6. The minimum absolute atomic E-state index is 0.0829. The lowest BCUT2D eigenvalue weighted by Gasteiger charge is -2.33. The molecule has 1 aliphatic rings. The van der Waals surface area contributed by atoms with Crippen molar-refractivity contribution >= 4 is 34.9 Å². The van der Waals surface area contributed by atoms with Crippen molar-refractivity contribution < 1.29 is 9.53 Å². The van der Waals surface area contributed by atoms with Crippen LogP contribution in [0.15, 0.2) is 78.9 Å². The second kappa shape index (κ2) is 12.1. The first-order chi connectivity index (χ1) is 16.6. The van der Waals surface area contributed by atoms with Gasteiger partial charge in [0.1, 0.15) is 11.9 Å². The summed E-state index contributed by atoms with van der Waals surface area (Å²) in [4.78, 5) is 14.8. The van der Waals surface area contributed by atoms with Crippen molar-refractivity contribution in [3.05, 3.63) is 94.5 Å². The maximum absolute atomic E-state index is 12.3. The van der Waals surface area contributed by atoms with E-state index in [2.05, 4.69) is 27.7 Å². The molecule has 1 unspecified atom stereocenters. The molecular weight excluding hydrogens is 469 g/mol. The molecular formula is C27H29Cl2N3O2. The summed E-state index contributed by atoms with van der Waals surface area (Å²) in [6.07, 6.45) is 2.58. The van der Waals surface area contributed by atoms with Crippen LogP contribution in [0, 0.1) is 0 Å². The number of anilines is 1. The number of carbonyl (C=O) groups is 1. The lowest BCUT2D eigenvalue weighted by atomic mass is 10.0. The van der Waals surface area contributed by atoms with E-state index in [9.17, 15) is 4.79 Å². The van der Waals surface area contributed by atoms with Gasteiger partial charge in [0.05, 0.1) is 5.02 Å². The lowest BCUT2D eigenvalue weighted by Crippen LogP contribution is -2.46. The number of rotatable bonds is 8. The summed E-state index contributed by atoms with van der Waals surface area (Å²) in [7, 11) is 0. The van der Waals surface area contributed by atoms with Crippen molar-refractivity contribution in [2.75, 3.05) is 25.0 Å². The van der Waals surface area contributed by atoms with Gasteiger partial charge < -0.3 is 20.3 Å². The molecule has 0 saturated carbocycles. The quantitative estimate of drug-likeness (QED) is 0.360. The van der Waals surface area contributed by atoms with Gasteiger partial charge in [0, 0.05) is 42.8 Å². The third-order valence-corrected chi connectivity index (χ3v) is 6.54. The Balaban J connectivity index is 1.26. The number of amides is 2. The Kier molecular flexibility index (Phi) is 8.69. The molecule has 3 aromatic rings. The SMILES string of the molecule is O=C(Nc1cccc(Cl)c1)NC1CCN(CCC(Oc2ccccc2Cl)c2ccccc2)CC1. The van der Waals surface area contributed by atoms with E-state index in [1.54, 1.807) is 12.1 Å². The number of piperidine rings is 1. The van der Waals surface area contributed by atoms with E-state index in [1.165, 1.54) is 0 Å². The minimum Gasteiger partial charge on any atom is -0.484 e. The zero-order chi connectivity index (χ0) is 23.8. The first kappa shape index (κ1) is 24.4. The molecule has 0 aromatic heterocycles. The fourth-order valence-electron chi connectivity index (χ4n) is 4.17. The van der Waals surface area contributed by atoms with Crippen LogP contribution in [0.5, 0.6) is 5.75 Å². The third kappa shape index (κ3) is 7.13. The Morgan fingerprint density at radius 3 is 2.44 bits per heavy atom. The van der Waals surface area contributed by atoms with E-state index in [-0.39, 0.29) is 18.2 Å². The highest BCUT2D eigenvalue weighted by molar-refractivity contribution is 6.32. The molecule has 1 fully saturated rings. The van der Waals surface area contributed by atoms with Gasteiger partial charge in [-0.2, -0.15) is 0 Å². The van der Waals surface area contributed by atoms with Crippen molar-refractivity contribution in [3.8, 4) is 5.75 Å². The fraction of sp³-hybridized carbons (Fsp3) is 0.296. The Morgan fingerprint density at radius 2 is 1.71 bits per heavy atom. The summed E-state index contributed by atoms with van der Waals surface area (Å²) < 4.78 is 6.33. The molecule has 1 heterocycles. The van der Waals surface area contributed by atoms with Gasteiger partial charge in [-0.1, -0.05) is 71.7 Å². The summed E-state index contributed by atoms with van der Waals surface area (Å²) in [5, 5.41) is 7.14. The molecule has 0 spiro atoms. The summed E-state index contributed by atoms with van der Waals surface area (Å²) in [5.74, 6) is 0.701. The average Bonchev–Trinajstić information content (AvgIpc) is 2.84. The highest BCUT2D eigenvalue weighted by atomic mass is 35.5. The Hall–Kier alpha value is -2.73. The molecule has 0 bridgehead atoms. The van der Waals surface area contributed by atoms with Crippen LogP contribution in [-0.2, 0) is 0 Å². The van der Waals surface area contributed by atoms with Gasteiger partial charge in [0.15, 0.2) is 0 Å². The van der Waals surface area contributed by atoms with E-state index in [0.717, 1.165) is 44.5 Å². The Labute approximate surface area is 211 Å². The fourth-order valence-corrected chi connectivity index (χ4v) is 4.55. The number of halogens is 2. The molecule has 178 valence electrons. The molecule has 34 heavy (non-hydrogen) atoms. The van der Waals surface area contributed by atoms with Crippen LogP contribution >= 0.6 is 23.2 Å². The standard InChI is InChI=1S/C27H29Cl2N3O2/c28-21-9-6-10-23(19-21)31-27(33)30-22-13-16-32(17-14-22)18-15-25(20-7-2-1-3-8-20)34-26-12-5-4-11-24(26)29/h1-12,19,22,25H,13-18H2,(H2,30,31,33). The smallest absolute Gasteiger partial charge is 0.319 e. The van der Waals surface area contributed by atoms with Crippen molar-refractivity contribution in [3.63, 3.8) is 0 Å². The molecule has 1 aliphatic heterocycles. The molecule has 2 amide bonds.